The first-order valence-electron chi connectivity index (χ1n) is 10.3. The summed E-state index contributed by atoms with van der Waals surface area (Å²) >= 11 is 1.48. The molecule has 0 N–H and O–H groups in total. The highest BCUT2D eigenvalue weighted by molar-refractivity contribution is 8.18. The quantitative estimate of drug-likeness (QED) is 0.566. The number of aliphatic imine (C=N–C) groups is 1. The summed E-state index contributed by atoms with van der Waals surface area (Å²) in [4.78, 5) is 19.8. The third-order valence-corrected chi connectivity index (χ3v) is 6.38. The standard InChI is InChI=1S/C24H22N4OS/c29-23-21(30-24(25-23)27-14-8-3-9-15-27)16-19-17-28(20-12-6-2-7-13-20)26-22(19)18-10-4-1-5-11-18/h1-2,4-7,10-13,16-17H,3,8-9,14-15H2/b21-16-. The number of amidine groups is 1. The molecule has 2 aromatic carbocycles. The van der Waals surface area contributed by atoms with Crippen molar-refractivity contribution in [2.45, 2.75) is 19.3 Å². The zero-order chi connectivity index (χ0) is 20.3. The molecule has 1 amide bonds. The molecule has 3 aromatic rings. The predicted molar refractivity (Wildman–Crippen MR) is 122 cm³/mol. The number of likely N-dealkylation sites (tertiary alicyclic amines) is 1. The molecule has 2 aliphatic rings. The summed E-state index contributed by atoms with van der Waals surface area (Å²) in [5.41, 5.74) is 3.77. The molecule has 5 rings (SSSR count). The van der Waals surface area contributed by atoms with Crippen LogP contribution in [0.15, 0.2) is 76.8 Å². The van der Waals surface area contributed by atoms with Crippen LogP contribution in [0.3, 0.4) is 0 Å². The number of amides is 1. The summed E-state index contributed by atoms with van der Waals surface area (Å²) in [6, 6.07) is 20.1. The molecule has 0 spiro atoms. The molecule has 1 aromatic heterocycles. The van der Waals surface area contributed by atoms with Crippen molar-refractivity contribution in [2.24, 2.45) is 4.99 Å². The Balaban J connectivity index is 1.50. The highest BCUT2D eigenvalue weighted by Crippen LogP contribution is 2.34. The van der Waals surface area contributed by atoms with Crippen LogP contribution in [0.5, 0.6) is 0 Å². The molecule has 150 valence electrons. The third kappa shape index (κ3) is 3.83. The molecule has 5 nitrogen and oxygen atoms in total. The average Bonchev–Trinajstić information content (AvgIpc) is 3.40. The normalized spacial score (nSPS) is 18.1. The van der Waals surface area contributed by atoms with Crippen molar-refractivity contribution < 1.29 is 4.79 Å². The predicted octanol–water partition coefficient (Wildman–Crippen LogP) is 5.00. The number of benzene rings is 2. The smallest absolute Gasteiger partial charge is 0.286 e. The van der Waals surface area contributed by atoms with Gasteiger partial charge in [0.2, 0.25) is 0 Å². The lowest BCUT2D eigenvalue weighted by molar-refractivity contribution is -0.113. The van der Waals surface area contributed by atoms with Crippen molar-refractivity contribution in [3.63, 3.8) is 0 Å². The molecule has 30 heavy (non-hydrogen) atoms. The molecule has 0 radical (unpaired) electrons. The van der Waals surface area contributed by atoms with Crippen molar-refractivity contribution in [2.75, 3.05) is 13.1 Å². The summed E-state index contributed by atoms with van der Waals surface area (Å²) in [6.07, 6.45) is 7.49. The molecule has 3 heterocycles. The first kappa shape index (κ1) is 18.9. The topological polar surface area (TPSA) is 50.5 Å². The van der Waals surface area contributed by atoms with E-state index in [1.165, 1.54) is 18.2 Å². The Labute approximate surface area is 180 Å². The van der Waals surface area contributed by atoms with E-state index in [1.807, 2.05) is 77.6 Å². The largest absolute Gasteiger partial charge is 0.351 e. The van der Waals surface area contributed by atoms with E-state index in [-0.39, 0.29) is 5.91 Å². The van der Waals surface area contributed by atoms with Gasteiger partial charge in [-0.25, -0.2) is 4.68 Å². The van der Waals surface area contributed by atoms with Gasteiger partial charge in [-0.3, -0.25) is 4.79 Å². The molecule has 0 saturated carbocycles. The lowest BCUT2D eigenvalue weighted by Gasteiger charge is -2.27. The Kier molecular flexibility index (Phi) is 5.24. The minimum absolute atomic E-state index is 0.160. The number of thioether (sulfide) groups is 1. The van der Waals surface area contributed by atoms with Crippen LogP contribution in [0.25, 0.3) is 23.0 Å². The molecule has 0 unspecified atom stereocenters. The monoisotopic (exact) mass is 414 g/mol. The lowest BCUT2D eigenvalue weighted by atomic mass is 10.1. The zero-order valence-electron chi connectivity index (χ0n) is 16.6. The summed E-state index contributed by atoms with van der Waals surface area (Å²) in [6.45, 7) is 1.96. The van der Waals surface area contributed by atoms with E-state index in [0.717, 1.165) is 53.6 Å². The maximum Gasteiger partial charge on any atom is 0.286 e. The highest BCUT2D eigenvalue weighted by Gasteiger charge is 2.27. The van der Waals surface area contributed by atoms with Gasteiger partial charge >= 0.3 is 0 Å². The van der Waals surface area contributed by atoms with E-state index in [9.17, 15) is 4.79 Å². The first-order chi connectivity index (χ1) is 14.8. The number of piperidine rings is 1. The van der Waals surface area contributed by atoms with Gasteiger partial charge in [0.25, 0.3) is 5.91 Å². The van der Waals surface area contributed by atoms with Crippen LogP contribution in [-0.4, -0.2) is 38.8 Å². The van der Waals surface area contributed by atoms with Crippen LogP contribution in [0.1, 0.15) is 24.8 Å². The van der Waals surface area contributed by atoms with Gasteiger partial charge in [0.1, 0.15) is 0 Å². The van der Waals surface area contributed by atoms with Crippen LogP contribution in [0.2, 0.25) is 0 Å². The van der Waals surface area contributed by atoms with E-state index in [0.29, 0.717) is 4.91 Å². The van der Waals surface area contributed by atoms with Crippen LogP contribution >= 0.6 is 11.8 Å². The Bertz CT molecular complexity index is 1110. The summed E-state index contributed by atoms with van der Waals surface area (Å²) < 4.78 is 1.87. The van der Waals surface area contributed by atoms with Crippen molar-refractivity contribution in [1.29, 1.82) is 0 Å². The number of carbonyl (C=O) groups excluding carboxylic acids is 1. The maximum atomic E-state index is 12.6. The number of para-hydroxylation sites is 1. The number of hydrogen-bond donors (Lipinski definition) is 0. The van der Waals surface area contributed by atoms with E-state index in [2.05, 4.69) is 9.89 Å². The fraction of sp³-hybridized carbons (Fsp3) is 0.208. The molecule has 6 heteroatoms. The summed E-state index contributed by atoms with van der Waals surface area (Å²) in [5, 5.41) is 5.67. The minimum atomic E-state index is -0.160. The fourth-order valence-electron chi connectivity index (χ4n) is 3.79. The first-order valence-corrected chi connectivity index (χ1v) is 11.1. The van der Waals surface area contributed by atoms with Crippen molar-refractivity contribution >= 4 is 28.9 Å². The zero-order valence-corrected chi connectivity index (χ0v) is 17.4. The third-order valence-electron chi connectivity index (χ3n) is 5.33. The SMILES string of the molecule is O=C1N=C(N2CCCCC2)S/C1=C\c1cn(-c2ccccc2)nc1-c1ccccc1. The Morgan fingerprint density at radius 2 is 1.60 bits per heavy atom. The van der Waals surface area contributed by atoms with Crippen LogP contribution in [-0.2, 0) is 4.79 Å². The van der Waals surface area contributed by atoms with E-state index < -0.39 is 0 Å². The fourth-order valence-corrected chi connectivity index (χ4v) is 4.74. The van der Waals surface area contributed by atoms with E-state index >= 15 is 0 Å². The van der Waals surface area contributed by atoms with Gasteiger partial charge in [-0.2, -0.15) is 10.1 Å². The van der Waals surface area contributed by atoms with Crippen LogP contribution in [0, 0.1) is 0 Å². The van der Waals surface area contributed by atoms with Gasteiger partial charge < -0.3 is 4.90 Å². The molecule has 1 fully saturated rings. The number of rotatable bonds is 3. The Hall–Kier alpha value is -3.12. The Morgan fingerprint density at radius 1 is 0.900 bits per heavy atom. The number of aromatic nitrogens is 2. The molecule has 0 atom stereocenters. The van der Waals surface area contributed by atoms with Crippen LogP contribution < -0.4 is 0 Å². The number of carbonyl (C=O) groups is 1. The molecular formula is C24H22N4OS. The lowest BCUT2D eigenvalue weighted by Crippen LogP contribution is -2.33. The minimum Gasteiger partial charge on any atom is -0.351 e. The van der Waals surface area contributed by atoms with E-state index in [4.69, 9.17) is 5.10 Å². The van der Waals surface area contributed by atoms with Crippen molar-refractivity contribution in [1.82, 2.24) is 14.7 Å². The maximum absolute atomic E-state index is 12.6. The molecule has 0 aliphatic carbocycles. The Morgan fingerprint density at radius 3 is 2.33 bits per heavy atom. The van der Waals surface area contributed by atoms with Gasteiger partial charge in [-0.1, -0.05) is 48.5 Å². The summed E-state index contributed by atoms with van der Waals surface area (Å²) in [5.74, 6) is -0.160. The van der Waals surface area contributed by atoms with Gasteiger partial charge in [0.15, 0.2) is 5.17 Å². The van der Waals surface area contributed by atoms with Gasteiger partial charge in [-0.05, 0) is 49.2 Å². The summed E-state index contributed by atoms with van der Waals surface area (Å²) in [7, 11) is 0. The molecule has 0 bridgehead atoms. The number of hydrogen-bond acceptors (Lipinski definition) is 4. The molecule has 2 aliphatic heterocycles. The van der Waals surface area contributed by atoms with Gasteiger partial charge in [0.05, 0.1) is 16.3 Å². The second-order valence-electron chi connectivity index (χ2n) is 7.44. The van der Waals surface area contributed by atoms with Crippen LogP contribution in [0.4, 0.5) is 0 Å². The van der Waals surface area contributed by atoms with Crippen molar-refractivity contribution in [3.8, 4) is 16.9 Å². The second-order valence-corrected chi connectivity index (χ2v) is 8.45. The molecular weight excluding hydrogens is 392 g/mol. The number of nitrogens with zero attached hydrogens (tertiary/aromatic N) is 4. The van der Waals surface area contributed by atoms with Gasteiger partial charge in [0, 0.05) is 30.4 Å². The second kappa shape index (κ2) is 8.32. The molecule has 1 saturated heterocycles. The van der Waals surface area contributed by atoms with Crippen molar-refractivity contribution in [3.05, 3.63) is 77.3 Å². The highest BCUT2D eigenvalue weighted by atomic mass is 32.2. The average molecular weight is 415 g/mol. The van der Waals surface area contributed by atoms with Gasteiger partial charge in [-0.15, -0.1) is 0 Å². The van der Waals surface area contributed by atoms with E-state index in [1.54, 1.807) is 0 Å².